The van der Waals surface area contributed by atoms with Crippen molar-refractivity contribution in [3.8, 4) is 6.07 Å². The molecular formula is C19H18F3N7. The summed E-state index contributed by atoms with van der Waals surface area (Å²) in [7, 11) is 0. The second-order valence-electron chi connectivity index (χ2n) is 6.90. The summed E-state index contributed by atoms with van der Waals surface area (Å²) in [5.41, 5.74) is 0.445. The van der Waals surface area contributed by atoms with Gasteiger partial charge in [0.15, 0.2) is 0 Å². The Kier molecular flexibility index (Phi) is 4.96. The van der Waals surface area contributed by atoms with E-state index in [4.69, 9.17) is 5.26 Å². The van der Waals surface area contributed by atoms with Gasteiger partial charge in [0.2, 0.25) is 5.95 Å². The molecule has 4 rings (SSSR count). The van der Waals surface area contributed by atoms with Crippen LogP contribution < -0.4 is 10.6 Å². The molecular weight excluding hydrogens is 383 g/mol. The molecule has 0 bridgehead atoms. The Hall–Kier alpha value is -3.35. The zero-order valence-corrected chi connectivity index (χ0v) is 15.4. The molecule has 0 amide bonds. The van der Waals surface area contributed by atoms with E-state index in [1.54, 1.807) is 23.0 Å². The van der Waals surface area contributed by atoms with Gasteiger partial charge in [-0.25, -0.2) is 4.98 Å². The predicted molar refractivity (Wildman–Crippen MR) is 102 cm³/mol. The molecule has 1 aliphatic carbocycles. The van der Waals surface area contributed by atoms with Crippen molar-refractivity contribution in [1.82, 2.24) is 19.7 Å². The summed E-state index contributed by atoms with van der Waals surface area (Å²) in [5.74, 6) is -0.159. The third kappa shape index (κ3) is 3.94. The van der Waals surface area contributed by atoms with Gasteiger partial charge in [-0.05, 0) is 25.0 Å². The fourth-order valence-electron chi connectivity index (χ4n) is 3.55. The van der Waals surface area contributed by atoms with Crippen LogP contribution in [0.4, 0.5) is 30.6 Å². The minimum absolute atomic E-state index is 0.0218. The average Bonchev–Trinajstić information content (AvgIpc) is 3.32. The Morgan fingerprint density at radius 3 is 2.72 bits per heavy atom. The van der Waals surface area contributed by atoms with Crippen molar-refractivity contribution in [2.75, 3.05) is 10.6 Å². The molecule has 0 atom stereocenters. The highest BCUT2D eigenvalue weighted by Crippen LogP contribution is 2.36. The fraction of sp³-hybridized carbons (Fsp3) is 0.368. The standard InChI is InChI=1S/C19H18F3N7/c20-19(21,22)14-11-24-18(28-17(14)26-12-4-1-2-5-12)27-15-6-3-7-16-13(15)10-25-29(16)9-8-23/h3,6-7,10-12H,1-2,4-5,9H2,(H2,24,26,27,28). The van der Waals surface area contributed by atoms with Crippen molar-refractivity contribution < 1.29 is 13.2 Å². The molecule has 0 saturated heterocycles. The van der Waals surface area contributed by atoms with Gasteiger partial charge in [0.1, 0.15) is 17.9 Å². The van der Waals surface area contributed by atoms with Crippen molar-refractivity contribution in [2.45, 2.75) is 44.4 Å². The summed E-state index contributed by atoms with van der Waals surface area (Å²) < 4.78 is 41.7. The monoisotopic (exact) mass is 401 g/mol. The van der Waals surface area contributed by atoms with E-state index in [1.807, 2.05) is 12.1 Å². The number of fused-ring (bicyclic) bond motifs is 1. The largest absolute Gasteiger partial charge is 0.421 e. The summed E-state index contributed by atoms with van der Waals surface area (Å²) in [6, 6.07) is 7.34. The van der Waals surface area contributed by atoms with Crippen LogP contribution in [0.1, 0.15) is 31.2 Å². The lowest BCUT2D eigenvalue weighted by atomic mass is 10.2. The van der Waals surface area contributed by atoms with E-state index in [0.29, 0.717) is 5.69 Å². The van der Waals surface area contributed by atoms with Crippen molar-refractivity contribution in [2.24, 2.45) is 0 Å². The summed E-state index contributed by atoms with van der Waals surface area (Å²) >= 11 is 0. The van der Waals surface area contributed by atoms with Gasteiger partial charge in [-0.1, -0.05) is 18.9 Å². The van der Waals surface area contributed by atoms with Crippen LogP contribution in [-0.4, -0.2) is 25.8 Å². The zero-order valence-electron chi connectivity index (χ0n) is 15.4. The molecule has 0 aliphatic heterocycles. The number of anilines is 3. The first-order valence-electron chi connectivity index (χ1n) is 9.25. The highest BCUT2D eigenvalue weighted by molar-refractivity contribution is 5.92. The van der Waals surface area contributed by atoms with Gasteiger partial charge >= 0.3 is 6.18 Å². The molecule has 10 heteroatoms. The van der Waals surface area contributed by atoms with E-state index >= 15 is 0 Å². The van der Waals surface area contributed by atoms with E-state index in [-0.39, 0.29) is 24.4 Å². The molecule has 7 nitrogen and oxygen atoms in total. The van der Waals surface area contributed by atoms with Crippen LogP contribution in [0.25, 0.3) is 10.9 Å². The Balaban J connectivity index is 1.67. The third-order valence-electron chi connectivity index (χ3n) is 4.94. The average molecular weight is 401 g/mol. The number of hydrogen-bond acceptors (Lipinski definition) is 6. The van der Waals surface area contributed by atoms with Gasteiger partial charge in [-0.2, -0.15) is 28.5 Å². The molecule has 0 unspecified atom stereocenters. The second kappa shape index (κ2) is 7.58. The van der Waals surface area contributed by atoms with Crippen molar-refractivity contribution in [3.05, 3.63) is 36.2 Å². The molecule has 150 valence electrons. The van der Waals surface area contributed by atoms with E-state index in [9.17, 15) is 13.2 Å². The van der Waals surface area contributed by atoms with E-state index < -0.39 is 11.7 Å². The molecule has 1 aromatic carbocycles. The second-order valence-corrected chi connectivity index (χ2v) is 6.90. The number of halogens is 3. The Morgan fingerprint density at radius 2 is 2.00 bits per heavy atom. The van der Waals surface area contributed by atoms with Gasteiger partial charge in [0.05, 0.1) is 23.5 Å². The molecule has 3 aromatic rings. The van der Waals surface area contributed by atoms with Crippen LogP contribution in [0.5, 0.6) is 0 Å². The normalized spacial score (nSPS) is 14.8. The number of hydrogen-bond donors (Lipinski definition) is 2. The number of nitriles is 1. The van der Waals surface area contributed by atoms with Crippen molar-refractivity contribution in [3.63, 3.8) is 0 Å². The van der Waals surface area contributed by atoms with Crippen LogP contribution in [0.3, 0.4) is 0 Å². The summed E-state index contributed by atoms with van der Waals surface area (Å²) in [6.45, 7) is 0.0964. The van der Waals surface area contributed by atoms with E-state index in [0.717, 1.165) is 42.8 Å². The molecule has 2 aromatic heterocycles. The lowest BCUT2D eigenvalue weighted by Gasteiger charge is -2.18. The van der Waals surface area contributed by atoms with Crippen molar-refractivity contribution in [1.29, 1.82) is 5.26 Å². The summed E-state index contributed by atoms with van der Waals surface area (Å²) in [6.07, 6.45) is 1.47. The number of alkyl halides is 3. The van der Waals surface area contributed by atoms with Gasteiger partial charge in [-0.15, -0.1) is 0 Å². The van der Waals surface area contributed by atoms with Crippen LogP contribution in [0.15, 0.2) is 30.6 Å². The lowest BCUT2D eigenvalue weighted by molar-refractivity contribution is -0.137. The first kappa shape index (κ1) is 19.0. The molecule has 2 heterocycles. The number of rotatable bonds is 5. The molecule has 29 heavy (non-hydrogen) atoms. The molecule has 0 radical (unpaired) electrons. The smallest absolute Gasteiger partial charge is 0.367 e. The highest BCUT2D eigenvalue weighted by atomic mass is 19.4. The van der Waals surface area contributed by atoms with Crippen LogP contribution in [-0.2, 0) is 12.7 Å². The predicted octanol–water partition coefficient (Wildman–Crippen LogP) is 4.47. The summed E-state index contributed by atoms with van der Waals surface area (Å²) in [5, 5.41) is 19.7. The first-order chi connectivity index (χ1) is 14.0. The third-order valence-corrected chi connectivity index (χ3v) is 4.94. The molecule has 2 N–H and O–H groups in total. The highest BCUT2D eigenvalue weighted by Gasteiger charge is 2.36. The SMILES string of the molecule is N#CCn1ncc2c(Nc3ncc(C(F)(F)F)c(NC4CCCC4)n3)cccc21. The Bertz CT molecular complexity index is 1060. The molecule has 0 spiro atoms. The van der Waals surface area contributed by atoms with Gasteiger partial charge in [0, 0.05) is 17.6 Å². The number of aromatic nitrogens is 4. The van der Waals surface area contributed by atoms with Crippen LogP contribution in [0, 0.1) is 11.3 Å². The van der Waals surface area contributed by atoms with Crippen LogP contribution >= 0.6 is 0 Å². The zero-order chi connectivity index (χ0) is 20.4. The van der Waals surface area contributed by atoms with Crippen molar-refractivity contribution >= 4 is 28.4 Å². The van der Waals surface area contributed by atoms with E-state index in [1.165, 1.54) is 0 Å². The van der Waals surface area contributed by atoms with Crippen LogP contribution in [0.2, 0.25) is 0 Å². The first-order valence-corrected chi connectivity index (χ1v) is 9.25. The maximum absolute atomic E-state index is 13.4. The molecule has 1 aliphatic rings. The fourth-order valence-corrected chi connectivity index (χ4v) is 3.55. The Morgan fingerprint density at radius 1 is 1.21 bits per heavy atom. The minimum Gasteiger partial charge on any atom is -0.367 e. The molecule has 1 fully saturated rings. The maximum Gasteiger partial charge on any atom is 0.421 e. The van der Waals surface area contributed by atoms with Gasteiger partial charge < -0.3 is 10.6 Å². The topological polar surface area (TPSA) is 91.5 Å². The molecule has 1 saturated carbocycles. The number of nitrogens with zero attached hydrogens (tertiary/aromatic N) is 5. The lowest BCUT2D eigenvalue weighted by Crippen LogP contribution is -2.20. The van der Waals surface area contributed by atoms with E-state index in [2.05, 4.69) is 25.7 Å². The minimum atomic E-state index is -4.54. The van der Waals surface area contributed by atoms with Gasteiger partial charge in [-0.3, -0.25) is 4.68 Å². The summed E-state index contributed by atoms with van der Waals surface area (Å²) in [4.78, 5) is 7.98. The van der Waals surface area contributed by atoms with Gasteiger partial charge in [0.25, 0.3) is 0 Å². The number of nitrogens with one attached hydrogen (secondary N) is 2. The maximum atomic E-state index is 13.4. The number of benzene rings is 1. The Labute approximate surface area is 164 Å². The quantitative estimate of drug-likeness (QED) is 0.656.